The monoisotopic (exact) mass is 361 g/mol. The maximum absolute atomic E-state index is 11.5. The van der Waals surface area contributed by atoms with Crippen LogP contribution >= 0.6 is 11.8 Å². The molecule has 1 aliphatic rings. The van der Waals surface area contributed by atoms with Crippen LogP contribution in [0.3, 0.4) is 0 Å². The predicted molar refractivity (Wildman–Crippen MR) is 106 cm³/mol. The van der Waals surface area contributed by atoms with Crippen LogP contribution in [0.4, 0.5) is 0 Å². The van der Waals surface area contributed by atoms with Crippen molar-refractivity contribution in [3.63, 3.8) is 0 Å². The van der Waals surface area contributed by atoms with E-state index >= 15 is 0 Å². The highest BCUT2D eigenvalue weighted by molar-refractivity contribution is 8.13. The third-order valence-electron chi connectivity index (χ3n) is 4.81. The first kappa shape index (κ1) is 20.2. The van der Waals surface area contributed by atoms with E-state index in [0.717, 1.165) is 17.5 Å². The second-order valence-corrected chi connectivity index (χ2v) is 8.48. The Hall–Kier alpha value is -1.08. The molecule has 0 amide bonds. The molecule has 0 bridgehead atoms. The molecule has 2 rings (SSSR count). The van der Waals surface area contributed by atoms with Crippen LogP contribution in [-0.2, 0) is 20.5 Å². The molecule has 0 atom stereocenters. The predicted octanol–water partition coefficient (Wildman–Crippen LogP) is 3.48. The molecule has 0 spiro atoms. The number of thioether (sulfide) groups is 1. The van der Waals surface area contributed by atoms with Crippen molar-refractivity contribution in [3.8, 4) is 0 Å². The minimum absolute atomic E-state index is 0.0812. The second-order valence-electron chi connectivity index (χ2n) is 7.33. The first-order valence-corrected chi connectivity index (χ1v) is 9.62. The normalized spacial score (nSPS) is 19.3. The summed E-state index contributed by atoms with van der Waals surface area (Å²) in [6.45, 7) is 10.3. The van der Waals surface area contributed by atoms with Gasteiger partial charge in [-0.05, 0) is 57.3 Å². The fraction of sp³-hybridized carbons (Fsp3) is 0.526. The summed E-state index contributed by atoms with van der Waals surface area (Å²) >= 11 is 1.27. The zero-order valence-corrected chi connectivity index (χ0v) is 16.6. The molecule has 2 N–H and O–H groups in total. The van der Waals surface area contributed by atoms with E-state index in [-0.39, 0.29) is 5.12 Å². The molecule has 1 aromatic carbocycles. The third kappa shape index (κ3) is 4.97. The quantitative estimate of drug-likeness (QED) is 0.786. The minimum atomic E-state index is -0.456. The van der Waals surface area contributed by atoms with Crippen molar-refractivity contribution in [2.45, 2.75) is 52.2 Å². The maximum atomic E-state index is 11.5. The Bertz CT molecular complexity index is 642. The van der Waals surface area contributed by atoms with Crippen LogP contribution < -0.4 is 5.73 Å². The Morgan fingerprint density at radius 3 is 2.36 bits per heavy atom. The summed E-state index contributed by atoms with van der Waals surface area (Å²) < 4.78 is 12.4. The molecule has 6 heteroatoms. The van der Waals surface area contributed by atoms with Gasteiger partial charge in [0.05, 0.1) is 11.2 Å². The molecule has 0 aromatic heterocycles. The minimum Gasteiger partial charge on any atom is -0.400 e. The number of carbonyl (C=O) groups excluding carboxylic acids is 1. The Morgan fingerprint density at radius 2 is 1.80 bits per heavy atom. The average Bonchev–Trinajstić information content (AvgIpc) is 2.73. The van der Waals surface area contributed by atoms with Crippen molar-refractivity contribution in [3.05, 3.63) is 40.9 Å². The van der Waals surface area contributed by atoms with Gasteiger partial charge in [0, 0.05) is 12.7 Å². The van der Waals surface area contributed by atoms with Crippen LogP contribution in [0.25, 0.3) is 6.08 Å². The van der Waals surface area contributed by atoms with Gasteiger partial charge in [-0.1, -0.05) is 42.1 Å². The molecule has 136 valence electrons. The highest BCUT2D eigenvalue weighted by Gasteiger charge is 2.52. The lowest BCUT2D eigenvalue weighted by Gasteiger charge is -2.32. The van der Waals surface area contributed by atoms with Crippen LogP contribution in [0.5, 0.6) is 0 Å². The molecule has 25 heavy (non-hydrogen) atoms. The lowest BCUT2D eigenvalue weighted by molar-refractivity contribution is -0.109. The van der Waals surface area contributed by atoms with E-state index in [1.165, 1.54) is 17.3 Å². The maximum Gasteiger partial charge on any atom is 0.491 e. The summed E-state index contributed by atoms with van der Waals surface area (Å²) in [4.78, 5) is 11.5. The lowest BCUT2D eigenvalue weighted by Crippen LogP contribution is -2.41. The van der Waals surface area contributed by atoms with Crippen LogP contribution in [-0.4, -0.2) is 35.7 Å². The standard InChI is InChI=1S/C19H28BNO3S/c1-14(22)25-13-17(20-23-18(2,3)19(4,5)24-20)12-16-9-7-6-8-15(16)10-11-21/h6-9,12H,10-11,13,21H2,1-5H3. The van der Waals surface area contributed by atoms with Gasteiger partial charge in [0.2, 0.25) is 0 Å². The smallest absolute Gasteiger partial charge is 0.400 e. The van der Waals surface area contributed by atoms with E-state index in [9.17, 15) is 4.79 Å². The van der Waals surface area contributed by atoms with E-state index in [0.29, 0.717) is 12.3 Å². The molecule has 1 fully saturated rings. The van der Waals surface area contributed by atoms with Gasteiger partial charge in [0.1, 0.15) is 0 Å². The summed E-state index contributed by atoms with van der Waals surface area (Å²) in [6, 6.07) is 8.17. The topological polar surface area (TPSA) is 61.6 Å². The van der Waals surface area contributed by atoms with Crippen LogP contribution in [0.15, 0.2) is 29.7 Å². The van der Waals surface area contributed by atoms with Gasteiger partial charge in [0.25, 0.3) is 0 Å². The number of hydrogen-bond acceptors (Lipinski definition) is 5. The molecule has 1 heterocycles. The highest BCUT2D eigenvalue weighted by atomic mass is 32.2. The average molecular weight is 361 g/mol. The fourth-order valence-corrected chi connectivity index (χ4v) is 3.20. The molecular weight excluding hydrogens is 333 g/mol. The highest BCUT2D eigenvalue weighted by Crippen LogP contribution is 2.39. The van der Waals surface area contributed by atoms with E-state index in [4.69, 9.17) is 15.0 Å². The first-order valence-electron chi connectivity index (χ1n) is 8.64. The van der Waals surface area contributed by atoms with Gasteiger partial charge >= 0.3 is 7.12 Å². The Kier molecular flexibility index (Phi) is 6.54. The zero-order chi connectivity index (χ0) is 18.7. The molecule has 0 saturated carbocycles. The Morgan fingerprint density at radius 1 is 1.20 bits per heavy atom. The number of benzene rings is 1. The van der Waals surface area contributed by atoms with Crippen molar-refractivity contribution in [2.75, 3.05) is 12.3 Å². The second kappa shape index (κ2) is 8.08. The van der Waals surface area contributed by atoms with Crippen molar-refractivity contribution in [1.82, 2.24) is 0 Å². The van der Waals surface area contributed by atoms with E-state index in [1.54, 1.807) is 6.92 Å². The molecule has 0 aliphatic carbocycles. The summed E-state index contributed by atoms with van der Waals surface area (Å²) in [5, 5.41) is 0.0812. The van der Waals surface area contributed by atoms with Crippen molar-refractivity contribution >= 4 is 30.1 Å². The zero-order valence-electron chi connectivity index (χ0n) is 15.8. The number of rotatable bonds is 6. The van der Waals surface area contributed by atoms with Gasteiger partial charge in [-0.2, -0.15) is 0 Å². The number of carbonyl (C=O) groups is 1. The molecule has 1 aliphatic heterocycles. The fourth-order valence-electron chi connectivity index (χ4n) is 2.62. The Labute approximate surface area is 155 Å². The van der Waals surface area contributed by atoms with Crippen molar-refractivity contribution in [2.24, 2.45) is 5.73 Å². The number of nitrogens with two attached hydrogens (primary N) is 1. The van der Waals surface area contributed by atoms with E-state index in [1.807, 2.05) is 39.8 Å². The molecule has 4 nitrogen and oxygen atoms in total. The lowest BCUT2D eigenvalue weighted by atomic mass is 9.78. The summed E-state index contributed by atoms with van der Waals surface area (Å²) in [6.07, 6.45) is 2.90. The van der Waals surface area contributed by atoms with Gasteiger partial charge in [-0.25, -0.2) is 0 Å². The Balaban J connectivity index is 2.35. The van der Waals surface area contributed by atoms with Crippen LogP contribution in [0, 0.1) is 0 Å². The molecule has 1 aromatic rings. The number of hydrogen-bond donors (Lipinski definition) is 1. The molecule has 0 radical (unpaired) electrons. The summed E-state index contributed by atoms with van der Waals surface area (Å²) in [7, 11) is -0.456. The van der Waals surface area contributed by atoms with Gasteiger partial charge in [-0.3, -0.25) is 4.79 Å². The molecular formula is C19H28BNO3S. The molecule has 1 saturated heterocycles. The van der Waals surface area contributed by atoms with Crippen molar-refractivity contribution < 1.29 is 14.1 Å². The van der Waals surface area contributed by atoms with Gasteiger partial charge in [0.15, 0.2) is 5.12 Å². The van der Waals surface area contributed by atoms with Gasteiger partial charge < -0.3 is 15.0 Å². The largest absolute Gasteiger partial charge is 0.491 e. The van der Waals surface area contributed by atoms with E-state index in [2.05, 4.69) is 18.2 Å². The first-order chi connectivity index (χ1) is 11.7. The summed E-state index contributed by atoms with van der Waals surface area (Å²) in [5.41, 5.74) is 8.16. The van der Waals surface area contributed by atoms with Crippen LogP contribution in [0.2, 0.25) is 0 Å². The third-order valence-corrected chi connectivity index (χ3v) is 5.69. The SMILES string of the molecule is CC(=O)SCC(=Cc1ccccc1CCN)B1OC(C)(C)C(C)(C)O1. The van der Waals surface area contributed by atoms with Crippen LogP contribution in [0.1, 0.15) is 45.7 Å². The van der Waals surface area contributed by atoms with Crippen molar-refractivity contribution in [1.29, 1.82) is 0 Å². The van der Waals surface area contributed by atoms with Gasteiger partial charge in [-0.15, -0.1) is 0 Å². The molecule has 0 unspecified atom stereocenters. The summed E-state index contributed by atoms with van der Waals surface area (Å²) in [5.74, 6) is 0.545. The van der Waals surface area contributed by atoms with E-state index < -0.39 is 18.3 Å².